The quantitative estimate of drug-likeness (QED) is 0.797. The molecule has 0 unspecified atom stereocenters. The molecule has 2 rings (SSSR count). The summed E-state index contributed by atoms with van der Waals surface area (Å²) in [6, 6.07) is 4.10. The summed E-state index contributed by atoms with van der Waals surface area (Å²) in [5.41, 5.74) is 13.6. The van der Waals surface area contributed by atoms with Crippen LogP contribution in [0.15, 0.2) is 12.1 Å². The third kappa shape index (κ3) is 4.80. The molecule has 0 aromatic carbocycles. The van der Waals surface area contributed by atoms with Gasteiger partial charge in [0.1, 0.15) is 0 Å². The number of hydrogen-bond donors (Lipinski definition) is 2. The minimum atomic E-state index is -0.282. The molecule has 2 heterocycles. The molecule has 120 valence electrons. The summed E-state index contributed by atoms with van der Waals surface area (Å²) in [5, 5.41) is 0. The Morgan fingerprint density at radius 2 is 1.91 bits per heavy atom. The van der Waals surface area contributed by atoms with Gasteiger partial charge in [-0.1, -0.05) is 0 Å². The fourth-order valence-electron chi connectivity index (χ4n) is 3.00. The number of primary amides is 2. The summed E-state index contributed by atoms with van der Waals surface area (Å²) in [6.45, 7) is 4.02. The second kappa shape index (κ2) is 7.35. The molecule has 1 aromatic rings. The molecule has 2 amide bonds. The number of hydrogen-bond acceptors (Lipinski definition) is 4. The van der Waals surface area contributed by atoms with Crippen molar-refractivity contribution in [3.05, 3.63) is 29.1 Å². The monoisotopic (exact) mass is 304 g/mol. The first kappa shape index (κ1) is 16.4. The molecule has 0 aliphatic carbocycles. The highest BCUT2D eigenvalue weighted by atomic mass is 16.1. The van der Waals surface area contributed by atoms with Crippen LogP contribution >= 0.6 is 0 Å². The van der Waals surface area contributed by atoms with E-state index in [1.165, 1.54) is 0 Å². The Bertz CT molecular complexity index is 551. The van der Waals surface area contributed by atoms with Crippen LogP contribution in [-0.4, -0.2) is 41.3 Å². The SMILES string of the molecule is Cc1cc(CCC(N)=O)cc(C2CCN(CC(N)=O)CC2)n1. The minimum Gasteiger partial charge on any atom is -0.370 e. The van der Waals surface area contributed by atoms with Crippen molar-refractivity contribution in [1.29, 1.82) is 0 Å². The number of carbonyl (C=O) groups is 2. The fourth-order valence-corrected chi connectivity index (χ4v) is 3.00. The van der Waals surface area contributed by atoms with Crippen molar-refractivity contribution in [1.82, 2.24) is 9.88 Å². The topological polar surface area (TPSA) is 102 Å². The molecule has 0 bridgehead atoms. The molecule has 0 atom stereocenters. The normalized spacial score (nSPS) is 16.6. The highest BCUT2D eigenvalue weighted by Gasteiger charge is 2.22. The van der Waals surface area contributed by atoms with Gasteiger partial charge in [-0.3, -0.25) is 19.5 Å². The third-order valence-corrected chi connectivity index (χ3v) is 4.08. The van der Waals surface area contributed by atoms with E-state index in [-0.39, 0.29) is 11.8 Å². The molecule has 6 heteroatoms. The molecule has 1 fully saturated rings. The van der Waals surface area contributed by atoms with Gasteiger partial charge in [-0.15, -0.1) is 0 Å². The Morgan fingerprint density at radius 1 is 1.23 bits per heavy atom. The number of aryl methyl sites for hydroxylation is 2. The number of amides is 2. The predicted molar refractivity (Wildman–Crippen MR) is 84.1 cm³/mol. The zero-order valence-corrected chi connectivity index (χ0v) is 13.0. The molecular weight excluding hydrogens is 280 g/mol. The Morgan fingerprint density at radius 3 is 2.50 bits per heavy atom. The molecule has 6 nitrogen and oxygen atoms in total. The van der Waals surface area contributed by atoms with Crippen LogP contribution in [0.3, 0.4) is 0 Å². The zero-order chi connectivity index (χ0) is 16.1. The van der Waals surface area contributed by atoms with E-state index in [9.17, 15) is 9.59 Å². The summed E-state index contributed by atoms with van der Waals surface area (Å²) in [5.74, 6) is -0.159. The van der Waals surface area contributed by atoms with Crippen molar-refractivity contribution in [3.63, 3.8) is 0 Å². The van der Waals surface area contributed by atoms with E-state index in [0.717, 1.165) is 42.9 Å². The molecule has 4 N–H and O–H groups in total. The highest BCUT2D eigenvalue weighted by molar-refractivity contribution is 5.76. The van der Waals surface area contributed by atoms with Gasteiger partial charge in [0.15, 0.2) is 0 Å². The van der Waals surface area contributed by atoms with Crippen LogP contribution in [0.1, 0.15) is 42.1 Å². The molecule has 0 radical (unpaired) electrons. The van der Waals surface area contributed by atoms with E-state index in [1.54, 1.807) is 0 Å². The van der Waals surface area contributed by atoms with Gasteiger partial charge in [-0.25, -0.2) is 0 Å². The number of nitrogens with zero attached hydrogens (tertiary/aromatic N) is 2. The van der Waals surface area contributed by atoms with Crippen molar-refractivity contribution < 1.29 is 9.59 Å². The summed E-state index contributed by atoms with van der Waals surface area (Å²) in [7, 11) is 0. The minimum absolute atomic E-state index is 0.277. The number of rotatable bonds is 6. The van der Waals surface area contributed by atoms with E-state index in [4.69, 9.17) is 11.5 Å². The molecule has 22 heavy (non-hydrogen) atoms. The second-order valence-electron chi connectivity index (χ2n) is 6.02. The van der Waals surface area contributed by atoms with Crippen LogP contribution < -0.4 is 11.5 Å². The Labute approximate surface area is 130 Å². The largest absolute Gasteiger partial charge is 0.370 e. The van der Waals surface area contributed by atoms with Crippen molar-refractivity contribution in [2.75, 3.05) is 19.6 Å². The van der Waals surface area contributed by atoms with E-state index in [0.29, 0.717) is 25.3 Å². The van der Waals surface area contributed by atoms with Crippen molar-refractivity contribution in [2.24, 2.45) is 11.5 Å². The predicted octanol–water partition coefficient (Wildman–Crippen LogP) is 0.473. The smallest absolute Gasteiger partial charge is 0.231 e. The average molecular weight is 304 g/mol. The summed E-state index contributed by atoms with van der Waals surface area (Å²) >= 11 is 0. The van der Waals surface area contributed by atoms with Gasteiger partial charge < -0.3 is 11.5 Å². The van der Waals surface area contributed by atoms with E-state index < -0.39 is 0 Å². The Kier molecular flexibility index (Phi) is 5.49. The second-order valence-corrected chi connectivity index (χ2v) is 6.02. The Balaban J connectivity index is 2.00. The van der Waals surface area contributed by atoms with Crippen molar-refractivity contribution in [2.45, 2.75) is 38.5 Å². The summed E-state index contributed by atoms with van der Waals surface area (Å²) in [6.07, 6.45) is 2.96. The number of carbonyl (C=O) groups excluding carboxylic acids is 2. The van der Waals surface area contributed by atoms with Gasteiger partial charge in [-0.05, 0) is 57.0 Å². The van der Waals surface area contributed by atoms with Gasteiger partial charge in [0.25, 0.3) is 0 Å². The van der Waals surface area contributed by atoms with Gasteiger partial charge in [0.05, 0.1) is 6.54 Å². The van der Waals surface area contributed by atoms with Crippen LogP contribution in [0.5, 0.6) is 0 Å². The maximum atomic E-state index is 11.0. The molecule has 1 saturated heterocycles. The number of aromatic nitrogens is 1. The highest BCUT2D eigenvalue weighted by Crippen LogP contribution is 2.27. The number of pyridine rings is 1. The van der Waals surface area contributed by atoms with Crippen LogP contribution in [0, 0.1) is 6.92 Å². The lowest BCUT2D eigenvalue weighted by Crippen LogP contribution is -2.39. The number of nitrogens with two attached hydrogens (primary N) is 2. The van der Waals surface area contributed by atoms with Crippen LogP contribution in [-0.2, 0) is 16.0 Å². The lowest BCUT2D eigenvalue weighted by Gasteiger charge is -2.31. The van der Waals surface area contributed by atoms with Gasteiger partial charge in [-0.2, -0.15) is 0 Å². The summed E-state index contributed by atoms with van der Waals surface area (Å²) in [4.78, 5) is 28.6. The van der Waals surface area contributed by atoms with E-state index >= 15 is 0 Å². The third-order valence-electron chi connectivity index (χ3n) is 4.08. The average Bonchev–Trinajstić information content (AvgIpc) is 2.45. The van der Waals surface area contributed by atoms with Gasteiger partial charge >= 0.3 is 0 Å². The maximum absolute atomic E-state index is 11.0. The molecular formula is C16H24N4O2. The number of likely N-dealkylation sites (tertiary alicyclic amines) is 1. The maximum Gasteiger partial charge on any atom is 0.231 e. The first-order valence-corrected chi connectivity index (χ1v) is 7.70. The molecule has 0 saturated carbocycles. The van der Waals surface area contributed by atoms with Gasteiger partial charge in [0, 0.05) is 23.7 Å². The van der Waals surface area contributed by atoms with Crippen LogP contribution in [0.4, 0.5) is 0 Å². The van der Waals surface area contributed by atoms with Crippen LogP contribution in [0.2, 0.25) is 0 Å². The van der Waals surface area contributed by atoms with E-state index in [1.807, 2.05) is 13.0 Å². The first-order chi connectivity index (χ1) is 10.4. The summed E-state index contributed by atoms with van der Waals surface area (Å²) < 4.78 is 0. The molecule has 1 aromatic heterocycles. The van der Waals surface area contributed by atoms with Crippen molar-refractivity contribution in [3.8, 4) is 0 Å². The molecule has 1 aliphatic heterocycles. The Hall–Kier alpha value is -1.95. The lowest BCUT2D eigenvalue weighted by atomic mass is 9.91. The standard InChI is InChI=1S/C16H24N4O2/c1-11-8-12(2-3-15(17)21)9-14(19-11)13-4-6-20(7-5-13)10-16(18)22/h8-9,13H,2-7,10H2,1H3,(H2,17,21)(H2,18,22). The lowest BCUT2D eigenvalue weighted by molar-refractivity contribution is -0.119. The van der Waals surface area contributed by atoms with Gasteiger partial charge in [0.2, 0.25) is 11.8 Å². The number of piperidine rings is 1. The first-order valence-electron chi connectivity index (χ1n) is 7.70. The van der Waals surface area contributed by atoms with Crippen molar-refractivity contribution >= 4 is 11.8 Å². The molecule has 0 spiro atoms. The van der Waals surface area contributed by atoms with Crippen LogP contribution in [0.25, 0.3) is 0 Å². The fraction of sp³-hybridized carbons (Fsp3) is 0.562. The van der Waals surface area contributed by atoms with E-state index in [2.05, 4.69) is 16.0 Å². The zero-order valence-electron chi connectivity index (χ0n) is 13.0. The molecule has 1 aliphatic rings.